The van der Waals surface area contributed by atoms with Crippen molar-refractivity contribution < 1.29 is 4.79 Å². The molecular weight excluding hydrogens is 238 g/mol. The van der Waals surface area contributed by atoms with Gasteiger partial charge in [-0.2, -0.15) is 0 Å². The molecule has 104 valence electrons. The smallest absolute Gasteiger partial charge is 0.317 e. The number of urea groups is 1. The van der Waals surface area contributed by atoms with Crippen LogP contribution < -0.4 is 5.32 Å². The highest BCUT2D eigenvalue weighted by atomic mass is 16.2. The average molecular weight is 261 g/mol. The van der Waals surface area contributed by atoms with Crippen LogP contribution in [0.15, 0.2) is 30.3 Å². The van der Waals surface area contributed by atoms with Crippen molar-refractivity contribution in [2.24, 2.45) is 0 Å². The highest BCUT2D eigenvalue weighted by Crippen LogP contribution is 2.13. The molecule has 1 N–H and O–H groups in total. The van der Waals surface area contributed by atoms with Gasteiger partial charge < -0.3 is 15.1 Å². The van der Waals surface area contributed by atoms with Gasteiger partial charge in [0.1, 0.15) is 0 Å². The fourth-order valence-electron chi connectivity index (χ4n) is 2.52. The normalized spacial score (nSPS) is 20.0. The molecule has 4 heteroatoms. The van der Waals surface area contributed by atoms with Gasteiger partial charge in [-0.1, -0.05) is 30.3 Å². The zero-order valence-electron chi connectivity index (χ0n) is 11.8. The predicted molar refractivity (Wildman–Crippen MR) is 77.0 cm³/mol. The molecule has 1 unspecified atom stereocenters. The predicted octanol–water partition coefficient (Wildman–Crippen LogP) is 1.92. The Labute approximate surface area is 115 Å². The summed E-state index contributed by atoms with van der Waals surface area (Å²) >= 11 is 0. The maximum atomic E-state index is 12.1. The lowest BCUT2D eigenvalue weighted by molar-refractivity contribution is 0.140. The van der Waals surface area contributed by atoms with Gasteiger partial charge in [0.05, 0.1) is 0 Å². The van der Waals surface area contributed by atoms with Crippen LogP contribution in [0.25, 0.3) is 0 Å². The van der Waals surface area contributed by atoms with Crippen LogP contribution in [0.3, 0.4) is 0 Å². The summed E-state index contributed by atoms with van der Waals surface area (Å²) in [5, 5.41) is 2.98. The summed E-state index contributed by atoms with van der Waals surface area (Å²) in [5.74, 6) is 0. The Hall–Kier alpha value is -1.55. The molecule has 1 heterocycles. The monoisotopic (exact) mass is 261 g/mol. The van der Waals surface area contributed by atoms with Crippen LogP contribution in [0.5, 0.6) is 0 Å². The molecule has 1 aliphatic rings. The Balaban J connectivity index is 1.82. The number of hydrogen-bond donors (Lipinski definition) is 1. The van der Waals surface area contributed by atoms with Gasteiger partial charge in [0.2, 0.25) is 0 Å². The van der Waals surface area contributed by atoms with Crippen molar-refractivity contribution in [2.45, 2.75) is 25.4 Å². The lowest BCUT2D eigenvalue weighted by Gasteiger charge is -2.35. The summed E-state index contributed by atoms with van der Waals surface area (Å²) < 4.78 is 0. The summed E-state index contributed by atoms with van der Waals surface area (Å²) in [5.41, 5.74) is 1.13. The van der Waals surface area contributed by atoms with Gasteiger partial charge in [-0.25, -0.2) is 4.79 Å². The van der Waals surface area contributed by atoms with E-state index in [2.05, 4.69) is 17.3 Å². The van der Waals surface area contributed by atoms with Gasteiger partial charge in [0, 0.05) is 26.2 Å². The topological polar surface area (TPSA) is 35.6 Å². The SMILES string of the molecule is CN1CCCC(N(C)C(=O)NCc2ccccc2)C1. The van der Waals surface area contributed by atoms with Gasteiger partial charge in [0.15, 0.2) is 0 Å². The van der Waals surface area contributed by atoms with E-state index in [1.165, 1.54) is 0 Å². The largest absolute Gasteiger partial charge is 0.334 e. The van der Waals surface area contributed by atoms with Gasteiger partial charge >= 0.3 is 6.03 Å². The second-order valence-corrected chi connectivity index (χ2v) is 5.31. The number of piperidine rings is 1. The van der Waals surface area contributed by atoms with Crippen molar-refractivity contribution in [3.63, 3.8) is 0 Å². The third-order valence-electron chi connectivity index (χ3n) is 3.75. The van der Waals surface area contributed by atoms with Crippen LogP contribution in [0, 0.1) is 0 Å². The van der Waals surface area contributed by atoms with Crippen LogP contribution in [0.1, 0.15) is 18.4 Å². The molecule has 19 heavy (non-hydrogen) atoms. The van der Waals surface area contributed by atoms with E-state index in [0.717, 1.165) is 31.5 Å². The Morgan fingerprint density at radius 1 is 1.42 bits per heavy atom. The highest BCUT2D eigenvalue weighted by Gasteiger charge is 2.24. The number of hydrogen-bond acceptors (Lipinski definition) is 2. The number of nitrogens with one attached hydrogen (secondary N) is 1. The van der Waals surface area contributed by atoms with Crippen LogP contribution in [0.2, 0.25) is 0 Å². The van der Waals surface area contributed by atoms with E-state index >= 15 is 0 Å². The summed E-state index contributed by atoms with van der Waals surface area (Å²) in [6.45, 7) is 2.69. The molecule has 0 aromatic heterocycles. The quantitative estimate of drug-likeness (QED) is 0.902. The fourth-order valence-corrected chi connectivity index (χ4v) is 2.52. The summed E-state index contributed by atoms with van der Waals surface area (Å²) in [7, 11) is 4.01. The first-order valence-corrected chi connectivity index (χ1v) is 6.90. The van der Waals surface area contributed by atoms with Crippen molar-refractivity contribution in [1.82, 2.24) is 15.1 Å². The van der Waals surface area contributed by atoms with Gasteiger partial charge in [-0.05, 0) is 32.0 Å². The lowest BCUT2D eigenvalue weighted by Crippen LogP contribution is -2.50. The summed E-state index contributed by atoms with van der Waals surface area (Å²) in [4.78, 5) is 16.3. The minimum absolute atomic E-state index is 0.0177. The van der Waals surface area contributed by atoms with E-state index in [1.807, 2.05) is 42.3 Å². The third kappa shape index (κ3) is 3.96. The first-order chi connectivity index (χ1) is 9.16. The fraction of sp³-hybridized carbons (Fsp3) is 0.533. The molecular formula is C15H23N3O. The van der Waals surface area contributed by atoms with Crippen LogP contribution in [-0.2, 0) is 6.54 Å². The molecule has 0 bridgehead atoms. The molecule has 1 aromatic rings. The van der Waals surface area contributed by atoms with E-state index in [-0.39, 0.29) is 6.03 Å². The van der Waals surface area contributed by atoms with Crippen molar-refractivity contribution >= 4 is 6.03 Å². The highest BCUT2D eigenvalue weighted by molar-refractivity contribution is 5.74. The average Bonchev–Trinajstić information content (AvgIpc) is 2.45. The number of carbonyl (C=O) groups is 1. The molecule has 1 aromatic carbocycles. The maximum Gasteiger partial charge on any atom is 0.317 e. The lowest BCUT2D eigenvalue weighted by atomic mass is 10.1. The summed E-state index contributed by atoms with van der Waals surface area (Å²) in [6.07, 6.45) is 2.26. The molecule has 1 saturated heterocycles. The molecule has 0 saturated carbocycles. The van der Waals surface area contributed by atoms with E-state index in [4.69, 9.17) is 0 Å². The number of rotatable bonds is 3. The maximum absolute atomic E-state index is 12.1. The van der Waals surface area contributed by atoms with Crippen LogP contribution in [-0.4, -0.2) is 49.1 Å². The van der Waals surface area contributed by atoms with Gasteiger partial charge in [-0.3, -0.25) is 0 Å². The van der Waals surface area contributed by atoms with Crippen molar-refractivity contribution in [3.8, 4) is 0 Å². The van der Waals surface area contributed by atoms with Crippen LogP contribution in [0.4, 0.5) is 4.79 Å². The number of nitrogens with zero attached hydrogens (tertiary/aromatic N) is 2. The molecule has 0 spiro atoms. The molecule has 1 aliphatic heterocycles. The first-order valence-electron chi connectivity index (χ1n) is 6.90. The minimum Gasteiger partial charge on any atom is -0.334 e. The third-order valence-corrected chi connectivity index (χ3v) is 3.75. The molecule has 0 radical (unpaired) electrons. The van der Waals surface area contributed by atoms with E-state index in [0.29, 0.717) is 12.6 Å². The number of benzene rings is 1. The van der Waals surface area contributed by atoms with Gasteiger partial charge in [-0.15, -0.1) is 0 Å². The standard InChI is InChI=1S/C15H23N3O/c1-17-10-6-9-14(12-17)18(2)15(19)16-11-13-7-4-3-5-8-13/h3-5,7-8,14H,6,9-12H2,1-2H3,(H,16,19). The Morgan fingerprint density at radius 2 is 2.16 bits per heavy atom. The first kappa shape index (κ1) is 13.9. The molecule has 4 nitrogen and oxygen atoms in total. The second kappa shape index (κ2) is 6.57. The molecule has 2 rings (SSSR count). The zero-order chi connectivity index (χ0) is 13.7. The zero-order valence-corrected chi connectivity index (χ0v) is 11.8. The molecule has 1 fully saturated rings. The van der Waals surface area contributed by atoms with Crippen molar-refractivity contribution in [1.29, 1.82) is 0 Å². The van der Waals surface area contributed by atoms with E-state index < -0.39 is 0 Å². The molecule has 1 atom stereocenters. The van der Waals surface area contributed by atoms with E-state index in [1.54, 1.807) is 0 Å². The van der Waals surface area contributed by atoms with Crippen LogP contribution >= 0.6 is 0 Å². The Morgan fingerprint density at radius 3 is 2.84 bits per heavy atom. The minimum atomic E-state index is 0.0177. The number of carbonyl (C=O) groups excluding carboxylic acids is 1. The van der Waals surface area contributed by atoms with Crippen molar-refractivity contribution in [2.75, 3.05) is 27.2 Å². The molecule has 2 amide bonds. The summed E-state index contributed by atoms with van der Waals surface area (Å²) in [6, 6.07) is 10.3. The number of likely N-dealkylation sites (N-methyl/N-ethyl adjacent to an activating group) is 2. The van der Waals surface area contributed by atoms with Crippen molar-refractivity contribution in [3.05, 3.63) is 35.9 Å². The Kier molecular flexibility index (Phi) is 4.80. The van der Waals surface area contributed by atoms with E-state index in [9.17, 15) is 4.79 Å². The number of likely N-dealkylation sites (tertiary alicyclic amines) is 1. The van der Waals surface area contributed by atoms with Gasteiger partial charge in [0.25, 0.3) is 0 Å². The Bertz CT molecular complexity index is 407. The number of amides is 2. The second-order valence-electron chi connectivity index (χ2n) is 5.31. The molecule has 0 aliphatic carbocycles.